The number of ketones is 2. The van der Waals surface area contributed by atoms with E-state index in [0.29, 0.717) is 17.9 Å². The van der Waals surface area contributed by atoms with Crippen LogP contribution in [0.5, 0.6) is 0 Å². The van der Waals surface area contributed by atoms with E-state index in [2.05, 4.69) is 18.5 Å². The van der Waals surface area contributed by atoms with Crippen LogP contribution < -0.4 is 5.32 Å². The lowest BCUT2D eigenvalue weighted by molar-refractivity contribution is -0.384. The van der Waals surface area contributed by atoms with Crippen LogP contribution in [-0.4, -0.2) is 29.6 Å². The first kappa shape index (κ1) is 18.7. The number of nitro benzene ring substituents is 1. The molecule has 6 nitrogen and oxygen atoms in total. The molecule has 0 bridgehead atoms. The number of rotatable bonds is 8. The highest BCUT2D eigenvalue weighted by atomic mass is 16.6. The molecule has 25 heavy (non-hydrogen) atoms. The summed E-state index contributed by atoms with van der Waals surface area (Å²) in [6.07, 6.45) is 3.53. The van der Waals surface area contributed by atoms with E-state index in [1.54, 1.807) is 0 Å². The van der Waals surface area contributed by atoms with Crippen LogP contribution in [0.4, 0.5) is 5.69 Å². The summed E-state index contributed by atoms with van der Waals surface area (Å²) in [6, 6.07) is 5.62. The summed E-state index contributed by atoms with van der Waals surface area (Å²) in [4.78, 5) is 35.3. The van der Waals surface area contributed by atoms with Gasteiger partial charge in [-0.15, -0.1) is 0 Å². The lowest BCUT2D eigenvalue weighted by Gasteiger charge is -2.25. The van der Waals surface area contributed by atoms with Gasteiger partial charge in [0.1, 0.15) is 0 Å². The molecule has 1 saturated heterocycles. The minimum absolute atomic E-state index is 0.0579. The molecule has 0 spiro atoms. The molecule has 0 saturated carbocycles. The monoisotopic (exact) mass is 342 g/mol. The van der Waals surface area contributed by atoms with Crippen LogP contribution in [-0.2, 0) is 9.59 Å². The summed E-state index contributed by atoms with van der Waals surface area (Å²) in [5.41, 5.74) is 0.629. The smallest absolute Gasteiger partial charge is 0.269 e. The van der Waals surface area contributed by atoms with Crippen molar-refractivity contribution in [2.75, 3.05) is 13.1 Å². The van der Waals surface area contributed by atoms with Crippen molar-refractivity contribution in [1.29, 1.82) is 0 Å². The molecule has 0 aliphatic carbocycles. The molecule has 1 unspecified atom stereocenters. The van der Waals surface area contributed by atoms with Gasteiger partial charge in [-0.25, -0.2) is 0 Å². The van der Waals surface area contributed by atoms with Crippen LogP contribution in [0.1, 0.15) is 24.8 Å². The van der Waals surface area contributed by atoms with Gasteiger partial charge in [0.2, 0.25) is 0 Å². The minimum atomic E-state index is -0.789. The Hall–Kier alpha value is -2.60. The Morgan fingerprint density at radius 3 is 2.40 bits per heavy atom. The van der Waals surface area contributed by atoms with Crippen molar-refractivity contribution in [2.24, 2.45) is 11.8 Å². The number of allylic oxidation sites excluding steroid dienone is 2. The molecule has 6 heteroatoms. The summed E-state index contributed by atoms with van der Waals surface area (Å²) < 4.78 is 0. The van der Waals surface area contributed by atoms with Crippen molar-refractivity contribution in [3.8, 4) is 0 Å². The van der Waals surface area contributed by atoms with Crippen LogP contribution in [0.15, 0.2) is 43.5 Å². The van der Waals surface area contributed by atoms with E-state index in [0.717, 1.165) is 25.9 Å². The first-order valence-corrected chi connectivity index (χ1v) is 8.29. The van der Waals surface area contributed by atoms with E-state index < -0.39 is 10.8 Å². The average molecular weight is 342 g/mol. The van der Waals surface area contributed by atoms with Crippen LogP contribution in [0.25, 0.3) is 5.57 Å². The largest absolute Gasteiger partial charge is 0.317 e. The van der Waals surface area contributed by atoms with Crippen molar-refractivity contribution in [3.05, 3.63) is 59.2 Å². The van der Waals surface area contributed by atoms with Gasteiger partial charge in [0, 0.05) is 17.7 Å². The van der Waals surface area contributed by atoms with Crippen molar-refractivity contribution in [1.82, 2.24) is 5.32 Å². The highest BCUT2D eigenvalue weighted by Gasteiger charge is 2.30. The Balaban J connectivity index is 2.16. The zero-order valence-electron chi connectivity index (χ0n) is 14.1. The topological polar surface area (TPSA) is 89.3 Å². The fourth-order valence-electron chi connectivity index (χ4n) is 3.08. The zero-order valence-corrected chi connectivity index (χ0v) is 14.1. The summed E-state index contributed by atoms with van der Waals surface area (Å²) in [5.74, 6) is -1.11. The third-order valence-electron chi connectivity index (χ3n) is 4.61. The molecule has 0 amide bonds. The van der Waals surface area contributed by atoms with Gasteiger partial charge in [-0.3, -0.25) is 19.7 Å². The maximum atomic E-state index is 12.8. The van der Waals surface area contributed by atoms with E-state index in [-0.39, 0.29) is 22.8 Å². The molecule has 132 valence electrons. The molecular formula is C19H22N2O4. The number of carbonyl (C=O) groups excluding carboxylic acids is 2. The average Bonchev–Trinajstić information content (AvgIpc) is 2.65. The van der Waals surface area contributed by atoms with Crippen LogP contribution in [0, 0.1) is 22.0 Å². The second-order valence-electron chi connectivity index (χ2n) is 6.23. The van der Waals surface area contributed by atoms with Gasteiger partial charge in [0.15, 0.2) is 11.6 Å². The van der Waals surface area contributed by atoms with Gasteiger partial charge in [0.05, 0.1) is 10.8 Å². The number of nitrogens with one attached hydrogen (secondary N) is 1. The molecule has 1 aliphatic heterocycles. The first-order valence-electron chi connectivity index (χ1n) is 8.29. The molecular weight excluding hydrogens is 320 g/mol. The van der Waals surface area contributed by atoms with Gasteiger partial charge in [-0.2, -0.15) is 0 Å². The normalized spacial score (nSPS) is 16.0. The Morgan fingerprint density at radius 2 is 1.88 bits per heavy atom. The van der Waals surface area contributed by atoms with E-state index in [1.807, 2.05) is 0 Å². The Labute approximate surface area is 146 Å². The second kappa shape index (κ2) is 8.48. The van der Waals surface area contributed by atoms with Gasteiger partial charge in [0.25, 0.3) is 5.69 Å². The number of benzene rings is 1. The third kappa shape index (κ3) is 4.70. The summed E-state index contributed by atoms with van der Waals surface area (Å²) in [6.45, 7) is 9.09. The predicted molar refractivity (Wildman–Crippen MR) is 96.0 cm³/mol. The molecule has 2 rings (SSSR count). The molecule has 1 aromatic carbocycles. The lowest BCUT2D eigenvalue weighted by Crippen LogP contribution is -2.32. The van der Waals surface area contributed by atoms with Crippen molar-refractivity contribution < 1.29 is 14.5 Å². The number of nitro groups is 1. The highest BCUT2D eigenvalue weighted by Crippen LogP contribution is 2.28. The highest BCUT2D eigenvalue weighted by molar-refractivity contribution is 6.27. The van der Waals surface area contributed by atoms with Gasteiger partial charge < -0.3 is 5.32 Å². The number of nitrogens with zero attached hydrogens (tertiary/aromatic N) is 1. The maximum absolute atomic E-state index is 12.8. The van der Waals surface area contributed by atoms with E-state index in [9.17, 15) is 19.7 Å². The zero-order chi connectivity index (χ0) is 18.4. The van der Waals surface area contributed by atoms with Gasteiger partial charge in [-0.1, -0.05) is 13.2 Å². The van der Waals surface area contributed by atoms with Crippen LogP contribution >= 0.6 is 0 Å². The molecule has 1 atom stereocenters. The fourth-order valence-corrected chi connectivity index (χ4v) is 3.08. The molecule has 1 fully saturated rings. The summed E-state index contributed by atoms with van der Waals surface area (Å²) in [5, 5.41) is 14.0. The Bertz CT molecular complexity index is 688. The van der Waals surface area contributed by atoms with Crippen LogP contribution in [0.3, 0.4) is 0 Å². The number of carbonyl (C=O) groups is 2. The number of piperidine rings is 1. The number of hydrogen-bond donors (Lipinski definition) is 1. The number of non-ortho nitro benzene ring substituents is 1. The fraction of sp³-hybridized carbons (Fsp3) is 0.368. The Morgan fingerprint density at radius 1 is 1.28 bits per heavy atom. The quantitative estimate of drug-likeness (QED) is 0.339. The molecule has 1 aromatic rings. The Kier molecular flexibility index (Phi) is 6.36. The molecule has 0 aromatic heterocycles. The second-order valence-corrected chi connectivity index (χ2v) is 6.23. The summed E-state index contributed by atoms with van der Waals surface area (Å²) >= 11 is 0. The van der Waals surface area contributed by atoms with Crippen molar-refractivity contribution >= 4 is 22.8 Å². The molecule has 1 heterocycles. The number of Topliss-reactive ketones (excluding diaryl/α,β-unsaturated/α-hetero) is 1. The standard InChI is InChI=1S/C19H22N2O4/c1-3-18(22)17(12-14-8-10-20-11-9-14)19(23)13(2)15-4-6-16(7-5-15)21(24)25/h3-7,14,17,20H,1-2,8-12H2. The first-order chi connectivity index (χ1) is 11.9. The molecule has 0 radical (unpaired) electrons. The maximum Gasteiger partial charge on any atom is 0.269 e. The third-order valence-corrected chi connectivity index (χ3v) is 4.61. The van der Waals surface area contributed by atoms with Crippen molar-refractivity contribution in [2.45, 2.75) is 19.3 Å². The van der Waals surface area contributed by atoms with E-state index >= 15 is 0 Å². The van der Waals surface area contributed by atoms with Crippen molar-refractivity contribution in [3.63, 3.8) is 0 Å². The van der Waals surface area contributed by atoms with Gasteiger partial charge >= 0.3 is 0 Å². The lowest BCUT2D eigenvalue weighted by atomic mass is 9.81. The predicted octanol–water partition coefficient (Wildman–Crippen LogP) is 2.94. The molecule has 1 aliphatic rings. The molecule has 1 N–H and O–H groups in total. The van der Waals surface area contributed by atoms with Gasteiger partial charge in [-0.05, 0) is 62.0 Å². The van der Waals surface area contributed by atoms with E-state index in [4.69, 9.17) is 0 Å². The van der Waals surface area contributed by atoms with Crippen LogP contribution in [0.2, 0.25) is 0 Å². The minimum Gasteiger partial charge on any atom is -0.317 e. The summed E-state index contributed by atoms with van der Waals surface area (Å²) in [7, 11) is 0. The SMILES string of the molecule is C=CC(=O)C(CC1CCNCC1)C(=O)C(=C)c1ccc([N+](=O)[O-])cc1. The number of hydrogen-bond acceptors (Lipinski definition) is 5. The van der Waals surface area contributed by atoms with E-state index in [1.165, 1.54) is 30.3 Å².